The summed E-state index contributed by atoms with van der Waals surface area (Å²) in [5, 5.41) is 7.29. The van der Waals surface area contributed by atoms with Crippen LogP contribution in [0.5, 0.6) is 0 Å². The summed E-state index contributed by atoms with van der Waals surface area (Å²) >= 11 is 3.37. The fourth-order valence-electron chi connectivity index (χ4n) is 3.27. The number of sulfonamides is 1. The van der Waals surface area contributed by atoms with Crippen LogP contribution in [0.4, 0.5) is 5.82 Å². The van der Waals surface area contributed by atoms with Gasteiger partial charge in [0.25, 0.3) is 0 Å². The summed E-state index contributed by atoms with van der Waals surface area (Å²) in [6.45, 7) is 2.47. The zero-order chi connectivity index (χ0) is 21.1. The second-order valence-corrected chi connectivity index (χ2v) is 9.39. The largest absolute Gasteiger partial charge is 0.353 e. The number of fused-ring (bicyclic) bond motifs is 1. The van der Waals surface area contributed by atoms with Gasteiger partial charge in [0.2, 0.25) is 15.9 Å². The van der Waals surface area contributed by atoms with Gasteiger partial charge in [0.1, 0.15) is 16.2 Å². The number of amides is 1. The lowest BCUT2D eigenvalue weighted by Crippen LogP contribution is -2.49. The van der Waals surface area contributed by atoms with Gasteiger partial charge in [-0.05, 0) is 50.5 Å². The Balaban J connectivity index is 1.29. The second-order valence-electron chi connectivity index (χ2n) is 6.74. The highest BCUT2D eigenvalue weighted by Gasteiger charge is 2.23. The van der Waals surface area contributed by atoms with Crippen LogP contribution in [-0.4, -0.2) is 67.2 Å². The van der Waals surface area contributed by atoms with Crippen molar-refractivity contribution in [1.29, 1.82) is 0 Å². The normalized spacial score (nSPS) is 15.0. The van der Waals surface area contributed by atoms with Crippen molar-refractivity contribution >= 4 is 48.7 Å². The van der Waals surface area contributed by atoms with Gasteiger partial charge >= 0.3 is 0 Å². The highest BCUT2D eigenvalue weighted by atomic mass is 79.9. The first-order valence-corrected chi connectivity index (χ1v) is 11.6. The number of nitrogens with one attached hydrogen (secondary N) is 1. The Morgan fingerprint density at radius 2 is 1.93 bits per heavy atom. The molecular weight excluding hydrogens is 476 g/mol. The van der Waals surface area contributed by atoms with Gasteiger partial charge in [-0.25, -0.2) is 22.8 Å². The molecule has 1 saturated heterocycles. The average molecular weight is 495 g/mol. The number of hydrogen-bond donors (Lipinski definition) is 1. The summed E-state index contributed by atoms with van der Waals surface area (Å²) in [6.07, 6.45) is 1.82. The molecule has 3 aromatic rings. The summed E-state index contributed by atoms with van der Waals surface area (Å²) in [5.74, 6) is 0.775. The Hall–Kier alpha value is -2.57. The third-order valence-electron chi connectivity index (χ3n) is 4.84. The Morgan fingerprint density at radius 1 is 1.13 bits per heavy atom. The van der Waals surface area contributed by atoms with E-state index in [4.69, 9.17) is 0 Å². The molecule has 3 heterocycles. The number of benzene rings is 1. The Kier molecular flexibility index (Phi) is 5.97. The molecule has 1 aliphatic heterocycles. The number of rotatable bonds is 6. The maximum atomic E-state index is 12.6. The van der Waals surface area contributed by atoms with Crippen molar-refractivity contribution in [1.82, 2.24) is 24.9 Å². The monoisotopic (exact) mass is 494 g/mol. The van der Waals surface area contributed by atoms with Gasteiger partial charge in [0, 0.05) is 49.8 Å². The van der Waals surface area contributed by atoms with E-state index in [2.05, 4.69) is 45.5 Å². The van der Waals surface area contributed by atoms with E-state index in [1.54, 1.807) is 23.2 Å². The number of anilines is 1. The minimum Gasteiger partial charge on any atom is -0.353 e. The van der Waals surface area contributed by atoms with E-state index in [9.17, 15) is 13.2 Å². The van der Waals surface area contributed by atoms with Gasteiger partial charge in [-0.15, -0.1) is 0 Å². The Bertz CT molecular complexity index is 1140. The van der Waals surface area contributed by atoms with Gasteiger partial charge < -0.3 is 9.80 Å². The Labute approximate surface area is 181 Å². The zero-order valence-corrected chi connectivity index (χ0v) is 18.3. The van der Waals surface area contributed by atoms with Crippen molar-refractivity contribution in [2.24, 2.45) is 0 Å². The standard InChI is InChI=1S/C18H19BrN6O4S/c19-13-4-5-16(20-12-13)24-8-10-25(11-9-24)17(26)6-7-21-30(27,28)15-3-1-2-14-18(15)23-29-22-14/h1-5,12,21H,6-11H2. The molecule has 30 heavy (non-hydrogen) atoms. The van der Waals surface area contributed by atoms with Crippen LogP contribution >= 0.6 is 15.9 Å². The first-order valence-electron chi connectivity index (χ1n) is 9.29. The topological polar surface area (TPSA) is 122 Å². The number of pyridine rings is 1. The van der Waals surface area contributed by atoms with Crippen molar-refractivity contribution in [3.05, 3.63) is 41.0 Å². The van der Waals surface area contributed by atoms with Crippen LogP contribution in [0.3, 0.4) is 0 Å². The molecule has 12 heteroatoms. The molecule has 4 rings (SSSR count). The highest BCUT2D eigenvalue weighted by molar-refractivity contribution is 9.10. The van der Waals surface area contributed by atoms with Crippen LogP contribution in [-0.2, 0) is 14.8 Å². The Morgan fingerprint density at radius 3 is 2.67 bits per heavy atom. The van der Waals surface area contributed by atoms with E-state index in [0.717, 1.165) is 10.3 Å². The molecule has 1 aliphatic rings. The van der Waals surface area contributed by atoms with Gasteiger partial charge in [0.15, 0.2) is 5.52 Å². The predicted molar refractivity (Wildman–Crippen MR) is 112 cm³/mol. The first-order chi connectivity index (χ1) is 14.4. The minimum atomic E-state index is -3.84. The number of aromatic nitrogens is 3. The van der Waals surface area contributed by atoms with Crippen LogP contribution in [0.15, 0.2) is 50.5 Å². The molecule has 0 saturated carbocycles. The molecule has 0 spiro atoms. The van der Waals surface area contributed by atoms with Crippen LogP contribution in [0.1, 0.15) is 6.42 Å². The molecule has 0 atom stereocenters. The van der Waals surface area contributed by atoms with Gasteiger partial charge in [-0.3, -0.25) is 4.79 Å². The average Bonchev–Trinajstić information content (AvgIpc) is 3.23. The quantitative estimate of drug-likeness (QED) is 0.545. The van der Waals surface area contributed by atoms with Crippen LogP contribution < -0.4 is 9.62 Å². The zero-order valence-electron chi connectivity index (χ0n) is 15.9. The molecule has 10 nitrogen and oxygen atoms in total. The number of carbonyl (C=O) groups excluding carboxylic acids is 1. The lowest BCUT2D eigenvalue weighted by atomic mass is 10.2. The van der Waals surface area contributed by atoms with E-state index in [1.165, 1.54) is 6.07 Å². The van der Waals surface area contributed by atoms with E-state index in [-0.39, 0.29) is 29.3 Å². The minimum absolute atomic E-state index is 0.00266. The number of halogens is 1. The molecule has 1 fully saturated rings. The molecule has 1 N–H and O–H groups in total. The van der Waals surface area contributed by atoms with Crippen molar-refractivity contribution in [3.63, 3.8) is 0 Å². The molecule has 2 aromatic heterocycles. The molecule has 158 valence electrons. The SMILES string of the molecule is O=C(CCNS(=O)(=O)c1cccc2nonc12)N1CCN(c2ccc(Br)cn2)CC1. The summed E-state index contributed by atoms with van der Waals surface area (Å²) in [7, 11) is -3.84. The lowest BCUT2D eigenvalue weighted by molar-refractivity contribution is -0.131. The molecule has 0 bridgehead atoms. The number of nitrogens with zero attached hydrogens (tertiary/aromatic N) is 5. The molecule has 0 aliphatic carbocycles. The van der Waals surface area contributed by atoms with Crippen molar-refractivity contribution < 1.29 is 17.8 Å². The van der Waals surface area contributed by atoms with E-state index in [1.807, 2.05) is 12.1 Å². The fourth-order valence-corrected chi connectivity index (χ4v) is 4.68. The van der Waals surface area contributed by atoms with E-state index in [0.29, 0.717) is 31.7 Å². The van der Waals surface area contributed by atoms with Crippen LogP contribution in [0, 0.1) is 0 Å². The van der Waals surface area contributed by atoms with Crippen LogP contribution in [0.25, 0.3) is 11.0 Å². The molecular formula is C18H19BrN6O4S. The molecule has 1 aromatic carbocycles. The molecule has 1 amide bonds. The maximum absolute atomic E-state index is 12.6. The van der Waals surface area contributed by atoms with E-state index >= 15 is 0 Å². The molecule has 0 unspecified atom stereocenters. The number of carbonyl (C=O) groups is 1. The number of hydrogen-bond acceptors (Lipinski definition) is 8. The number of piperazine rings is 1. The van der Waals surface area contributed by atoms with Gasteiger partial charge in [-0.2, -0.15) is 0 Å². The third-order valence-corrected chi connectivity index (χ3v) is 6.80. The smallest absolute Gasteiger partial charge is 0.242 e. The summed E-state index contributed by atoms with van der Waals surface area (Å²) in [4.78, 5) is 20.7. The summed E-state index contributed by atoms with van der Waals surface area (Å²) in [5.41, 5.74) is 0.515. The summed E-state index contributed by atoms with van der Waals surface area (Å²) in [6, 6.07) is 8.46. The predicted octanol–water partition coefficient (Wildman–Crippen LogP) is 1.40. The van der Waals surface area contributed by atoms with Crippen molar-refractivity contribution in [3.8, 4) is 0 Å². The summed E-state index contributed by atoms with van der Waals surface area (Å²) < 4.78 is 33.1. The lowest BCUT2D eigenvalue weighted by Gasteiger charge is -2.35. The van der Waals surface area contributed by atoms with Gasteiger partial charge in [-0.1, -0.05) is 6.07 Å². The third kappa shape index (κ3) is 4.45. The first kappa shape index (κ1) is 20.7. The second kappa shape index (κ2) is 8.66. The molecule has 0 radical (unpaired) electrons. The van der Waals surface area contributed by atoms with E-state index < -0.39 is 10.0 Å². The fraction of sp³-hybridized carbons (Fsp3) is 0.333. The maximum Gasteiger partial charge on any atom is 0.242 e. The van der Waals surface area contributed by atoms with Gasteiger partial charge in [0.05, 0.1) is 0 Å². The van der Waals surface area contributed by atoms with Crippen molar-refractivity contribution in [2.75, 3.05) is 37.6 Å². The highest BCUT2D eigenvalue weighted by Crippen LogP contribution is 2.20. The van der Waals surface area contributed by atoms with Crippen molar-refractivity contribution in [2.45, 2.75) is 11.3 Å². The van der Waals surface area contributed by atoms with Crippen LogP contribution in [0.2, 0.25) is 0 Å².